The molecule has 0 atom stereocenters. The molecule has 0 unspecified atom stereocenters. The maximum atomic E-state index is 4.83. The second kappa shape index (κ2) is 2.15. The van der Waals surface area contributed by atoms with Crippen LogP contribution in [0, 0.1) is 0 Å². The Balaban J connectivity index is 2.91. The molecule has 1 aliphatic carbocycles. The van der Waals surface area contributed by atoms with E-state index in [2.05, 4.69) is 11.0 Å². The molecule has 0 radical (unpaired) electrons. The van der Waals surface area contributed by atoms with Gasteiger partial charge in [-0.25, -0.2) is 0 Å². The highest BCUT2D eigenvalue weighted by Gasteiger charge is 1.85. The molecule has 0 saturated heterocycles. The average molecular weight is 106 g/mol. The van der Waals surface area contributed by atoms with Crippen molar-refractivity contribution in [3.8, 4) is 0 Å². The Morgan fingerprint density at radius 2 is 2.00 bits per heavy atom. The Hall–Kier alpha value is -1.27. The quantitative estimate of drug-likeness (QED) is 0.274. The van der Waals surface area contributed by atoms with E-state index >= 15 is 0 Å². The van der Waals surface area contributed by atoms with Crippen LogP contribution in [0.4, 0.5) is 0 Å². The normalized spacial score (nSPS) is 14.2. The number of hydrazone groups is 1. The van der Waals surface area contributed by atoms with E-state index in [0.717, 1.165) is 5.57 Å². The second-order valence-corrected chi connectivity index (χ2v) is 1.41. The lowest BCUT2D eigenvalue weighted by Crippen LogP contribution is -1.76. The van der Waals surface area contributed by atoms with E-state index in [9.17, 15) is 0 Å². The first kappa shape index (κ1) is 4.88. The van der Waals surface area contributed by atoms with Crippen LogP contribution in [-0.4, -0.2) is 5.87 Å². The van der Waals surface area contributed by atoms with E-state index in [1.807, 2.05) is 24.3 Å². The summed E-state index contributed by atoms with van der Waals surface area (Å²) in [4.78, 5) is 0. The van der Waals surface area contributed by atoms with E-state index in [4.69, 9.17) is 5.84 Å². The Kier molecular flexibility index (Phi) is 1.31. The van der Waals surface area contributed by atoms with Crippen molar-refractivity contribution >= 4 is 5.87 Å². The molecule has 0 aromatic heterocycles. The molecular formula is C6H6N2. The van der Waals surface area contributed by atoms with Gasteiger partial charge < -0.3 is 5.84 Å². The largest absolute Gasteiger partial charge is 0.315 e. The zero-order valence-corrected chi connectivity index (χ0v) is 4.33. The fraction of sp³-hybridized carbons (Fsp3) is 0. The van der Waals surface area contributed by atoms with Crippen LogP contribution in [0.15, 0.2) is 35.0 Å². The Bertz CT molecular complexity index is 179. The smallest absolute Gasteiger partial charge is 0.0378 e. The van der Waals surface area contributed by atoms with Crippen molar-refractivity contribution in [3.63, 3.8) is 0 Å². The standard InChI is InChI=1S/C6H6N2/c7-8-5-6-3-1-2-4-6/h1-4H,7H2. The lowest BCUT2D eigenvalue weighted by molar-refractivity contribution is 1.27. The average Bonchev–Trinajstić information content (AvgIpc) is 2.19. The third-order valence-corrected chi connectivity index (χ3v) is 0.856. The molecule has 1 rings (SSSR count). The van der Waals surface area contributed by atoms with Crippen molar-refractivity contribution in [1.82, 2.24) is 0 Å². The minimum atomic E-state index is 0.924. The van der Waals surface area contributed by atoms with Crippen molar-refractivity contribution in [1.29, 1.82) is 0 Å². The summed E-state index contributed by atoms with van der Waals surface area (Å²) in [5, 5.41) is 3.23. The third kappa shape index (κ3) is 0.863. The highest BCUT2D eigenvalue weighted by molar-refractivity contribution is 5.68. The number of hydrogen-bond acceptors (Lipinski definition) is 2. The number of hydrogen-bond donors (Lipinski definition) is 1. The molecule has 0 heterocycles. The minimum Gasteiger partial charge on any atom is -0.315 e. The molecule has 0 spiro atoms. The molecule has 1 aliphatic rings. The van der Waals surface area contributed by atoms with Crippen molar-refractivity contribution in [2.24, 2.45) is 10.9 Å². The molecule has 2 N–H and O–H groups in total. The Morgan fingerprint density at radius 3 is 2.50 bits per heavy atom. The summed E-state index contributed by atoms with van der Waals surface area (Å²) in [6.45, 7) is 0. The van der Waals surface area contributed by atoms with Crippen LogP contribution < -0.4 is 5.84 Å². The molecule has 0 amide bonds. The summed E-state index contributed by atoms with van der Waals surface area (Å²) in [6.07, 6.45) is 7.59. The molecule has 2 nitrogen and oxygen atoms in total. The summed E-state index contributed by atoms with van der Waals surface area (Å²) < 4.78 is 0. The maximum absolute atomic E-state index is 4.83. The predicted molar refractivity (Wildman–Crippen MR) is 33.4 cm³/mol. The topological polar surface area (TPSA) is 38.4 Å². The van der Waals surface area contributed by atoms with Crippen LogP contribution in [0.1, 0.15) is 0 Å². The van der Waals surface area contributed by atoms with Gasteiger partial charge in [-0.15, -0.1) is 5.10 Å². The van der Waals surface area contributed by atoms with E-state index in [0.29, 0.717) is 0 Å². The highest BCUT2D eigenvalue weighted by Crippen LogP contribution is 2.01. The first-order valence-corrected chi connectivity index (χ1v) is 2.31. The molecule has 40 valence electrons. The first-order chi connectivity index (χ1) is 3.93. The molecule has 2 heteroatoms. The summed E-state index contributed by atoms with van der Waals surface area (Å²) >= 11 is 0. The van der Waals surface area contributed by atoms with Gasteiger partial charge in [0, 0.05) is 11.4 Å². The summed E-state index contributed by atoms with van der Waals surface area (Å²) in [5.41, 5.74) is 0.924. The fourth-order valence-electron chi connectivity index (χ4n) is 0.523. The van der Waals surface area contributed by atoms with Crippen LogP contribution in [0.3, 0.4) is 0 Å². The zero-order chi connectivity index (χ0) is 5.82. The van der Waals surface area contributed by atoms with Crippen molar-refractivity contribution < 1.29 is 0 Å². The summed E-state index contributed by atoms with van der Waals surface area (Å²) in [5.74, 6) is 7.42. The van der Waals surface area contributed by atoms with E-state index < -0.39 is 0 Å². The molecule has 0 bridgehead atoms. The second-order valence-electron chi connectivity index (χ2n) is 1.41. The number of nitrogens with zero attached hydrogens (tertiary/aromatic N) is 1. The van der Waals surface area contributed by atoms with Gasteiger partial charge >= 0.3 is 0 Å². The number of allylic oxidation sites excluding steroid dienone is 5. The minimum absolute atomic E-state index is 0.924. The summed E-state index contributed by atoms with van der Waals surface area (Å²) in [7, 11) is 0. The molecule has 0 saturated carbocycles. The number of nitrogens with two attached hydrogens (primary N) is 1. The van der Waals surface area contributed by atoms with Gasteiger partial charge in [-0.1, -0.05) is 12.2 Å². The van der Waals surface area contributed by atoms with Gasteiger partial charge in [0.1, 0.15) is 0 Å². The molecule has 8 heavy (non-hydrogen) atoms. The highest BCUT2D eigenvalue weighted by atomic mass is 15.1. The van der Waals surface area contributed by atoms with Crippen LogP contribution in [0.25, 0.3) is 0 Å². The predicted octanol–water partition coefficient (Wildman–Crippen LogP) is 0.582. The lowest BCUT2D eigenvalue weighted by Gasteiger charge is -1.73. The molecule has 0 aromatic carbocycles. The van der Waals surface area contributed by atoms with Gasteiger partial charge in [-0.05, 0) is 12.2 Å². The van der Waals surface area contributed by atoms with Crippen LogP contribution in [-0.2, 0) is 0 Å². The third-order valence-electron chi connectivity index (χ3n) is 0.856. The molecule has 0 aromatic rings. The lowest BCUT2D eigenvalue weighted by atomic mass is 10.3. The SMILES string of the molecule is NN=C=C1C=CC=C1. The van der Waals surface area contributed by atoms with Gasteiger partial charge in [0.25, 0.3) is 0 Å². The molecular weight excluding hydrogens is 100 g/mol. The number of rotatable bonds is 0. The van der Waals surface area contributed by atoms with Crippen molar-refractivity contribution in [2.45, 2.75) is 0 Å². The Labute approximate surface area is 47.7 Å². The van der Waals surface area contributed by atoms with E-state index in [1.165, 1.54) is 0 Å². The molecule has 0 aliphatic heterocycles. The van der Waals surface area contributed by atoms with Crippen molar-refractivity contribution in [3.05, 3.63) is 29.9 Å². The summed E-state index contributed by atoms with van der Waals surface area (Å²) in [6, 6.07) is 0. The van der Waals surface area contributed by atoms with Gasteiger partial charge in [0.05, 0.1) is 0 Å². The van der Waals surface area contributed by atoms with E-state index in [1.54, 1.807) is 0 Å². The van der Waals surface area contributed by atoms with Crippen LogP contribution in [0.5, 0.6) is 0 Å². The van der Waals surface area contributed by atoms with Gasteiger partial charge in [0.2, 0.25) is 0 Å². The fourth-order valence-corrected chi connectivity index (χ4v) is 0.523. The monoisotopic (exact) mass is 106 g/mol. The van der Waals surface area contributed by atoms with Crippen molar-refractivity contribution in [2.75, 3.05) is 0 Å². The van der Waals surface area contributed by atoms with Crippen LogP contribution >= 0.6 is 0 Å². The van der Waals surface area contributed by atoms with Gasteiger partial charge in [0.15, 0.2) is 0 Å². The van der Waals surface area contributed by atoms with E-state index in [-0.39, 0.29) is 0 Å². The Morgan fingerprint density at radius 1 is 1.38 bits per heavy atom. The zero-order valence-electron chi connectivity index (χ0n) is 4.33. The van der Waals surface area contributed by atoms with Gasteiger partial charge in [-0.2, -0.15) is 0 Å². The molecule has 0 fully saturated rings. The first-order valence-electron chi connectivity index (χ1n) is 2.31. The maximum Gasteiger partial charge on any atom is 0.0378 e. The van der Waals surface area contributed by atoms with Gasteiger partial charge in [-0.3, -0.25) is 0 Å². The van der Waals surface area contributed by atoms with Crippen LogP contribution in [0.2, 0.25) is 0 Å².